The van der Waals surface area contributed by atoms with Gasteiger partial charge in [0.1, 0.15) is 11.4 Å². The fraction of sp³-hybridized carbons (Fsp3) is 0.818. The van der Waals surface area contributed by atoms with Crippen LogP contribution in [0.5, 0.6) is 0 Å². The molecule has 1 aliphatic carbocycles. The van der Waals surface area contributed by atoms with E-state index in [1.54, 1.807) is 0 Å². The Balaban J connectivity index is 2.38. The maximum Gasteiger partial charge on any atom is 0.407 e. The number of Topliss-reactive ketones (excluding diaryl/α,β-unsaturated/α-hetero) is 1. The summed E-state index contributed by atoms with van der Waals surface area (Å²) in [5, 5.41) is 2.73. The smallest absolute Gasteiger partial charge is 0.407 e. The summed E-state index contributed by atoms with van der Waals surface area (Å²) in [6.45, 7) is 5.42. The molecule has 0 heterocycles. The average Bonchev–Trinajstić information content (AvgIpc) is 2.08. The van der Waals surface area contributed by atoms with E-state index in [0.29, 0.717) is 19.3 Å². The zero-order chi connectivity index (χ0) is 12.3. The lowest BCUT2D eigenvalue weighted by Crippen LogP contribution is -2.42. The van der Waals surface area contributed by atoms with Crippen molar-refractivity contribution < 1.29 is 14.3 Å². The number of ketones is 1. The second-order valence-corrected chi connectivity index (χ2v) is 5.19. The van der Waals surface area contributed by atoms with Gasteiger partial charge in [-0.15, -0.1) is 0 Å². The number of nitrogens with one attached hydrogen (secondary N) is 1. The third-order valence-corrected chi connectivity index (χ3v) is 2.41. The minimum Gasteiger partial charge on any atom is -0.444 e. The van der Waals surface area contributed by atoms with Crippen LogP contribution in [0.4, 0.5) is 4.79 Å². The zero-order valence-electron chi connectivity index (χ0n) is 10.1. The fourth-order valence-corrected chi connectivity index (χ4v) is 1.66. The zero-order valence-corrected chi connectivity index (χ0v) is 10.1. The maximum atomic E-state index is 11.5. The van der Waals surface area contributed by atoms with E-state index >= 15 is 0 Å². The average molecular weight is 223 g/mol. The lowest BCUT2D eigenvalue weighted by Gasteiger charge is -2.28. The molecule has 1 aliphatic rings. The van der Waals surface area contributed by atoms with Gasteiger partial charge in [-0.2, -0.15) is 0 Å². The summed E-state index contributed by atoms with van der Waals surface area (Å²) in [5.41, 5.74) is -0.503. The van der Waals surface area contributed by atoms with Gasteiger partial charge in [-0.25, -0.2) is 4.79 Å². The molecule has 16 heavy (non-hydrogen) atoms. The van der Waals surface area contributed by atoms with Crippen LogP contribution < -0.4 is 5.32 Å². The minimum atomic E-state index is -0.503. The summed E-state index contributed by atoms with van der Waals surface area (Å²) >= 11 is 0. The standard InChI is InChI=1S/C11H18BNO3/c1-11(2,3)16-10(15)13-7-4-5-9(14)8(12)6-7/h7-8H,4-6H2,1-3H3,(H,13,15). The predicted molar refractivity (Wildman–Crippen MR) is 61.5 cm³/mol. The van der Waals surface area contributed by atoms with Gasteiger partial charge in [0, 0.05) is 12.5 Å². The molecule has 5 heteroatoms. The van der Waals surface area contributed by atoms with Gasteiger partial charge in [-0.1, -0.05) is 0 Å². The van der Waals surface area contributed by atoms with E-state index in [-0.39, 0.29) is 11.8 Å². The molecule has 0 bridgehead atoms. The SMILES string of the molecule is [B]C1CC(NC(=O)OC(C)(C)C)CCC1=O. The molecule has 1 rings (SSSR count). The van der Waals surface area contributed by atoms with Crippen LogP contribution in [0.1, 0.15) is 40.0 Å². The molecule has 0 aliphatic heterocycles. The Morgan fingerprint density at radius 1 is 1.50 bits per heavy atom. The molecular weight excluding hydrogens is 205 g/mol. The van der Waals surface area contributed by atoms with Crippen molar-refractivity contribution in [2.75, 3.05) is 0 Å². The summed E-state index contributed by atoms with van der Waals surface area (Å²) in [6.07, 6.45) is 1.13. The molecule has 88 valence electrons. The number of ether oxygens (including phenoxy) is 1. The highest BCUT2D eigenvalue weighted by atomic mass is 16.6. The topological polar surface area (TPSA) is 55.4 Å². The van der Waals surface area contributed by atoms with Gasteiger partial charge in [0.2, 0.25) is 0 Å². The van der Waals surface area contributed by atoms with E-state index in [1.807, 2.05) is 20.8 Å². The van der Waals surface area contributed by atoms with Crippen molar-refractivity contribution in [3.05, 3.63) is 0 Å². The minimum absolute atomic E-state index is 0.0532. The Morgan fingerprint density at radius 2 is 2.12 bits per heavy atom. The lowest BCUT2D eigenvalue weighted by molar-refractivity contribution is -0.120. The first-order valence-electron chi connectivity index (χ1n) is 5.56. The lowest BCUT2D eigenvalue weighted by atomic mass is 9.72. The van der Waals surface area contributed by atoms with Crippen molar-refractivity contribution in [3.63, 3.8) is 0 Å². The van der Waals surface area contributed by atoms with Crippen molar-refractivity contribution in [3.8, 4) is 0 Å². The van der Waals surface area contributed by atoms with E-state index < -0.39 is 17.5 Å². The highest BCUT2D eigenvalue weighted by molar-refractivity contribution is 6.24. The van der Waals surface area contributed by atoms with Crippen LogP contribution in [-0.2, 0) is 9.53 Å². The summed E-state index contributed by atoms with van der Waals surface area (Å²) in [6, 6.07) is -0.0532. The fourth-order valence-electron chi connectivity index (χ4n) is 1.66. The Labute approximate surface area is 97.5 Å². The largest absolute Gasteiger partial charge is 0.444 e. The van der Waals surface area contributed by atoms with E-state index in [4.69, 9.17) is 12.6 Å². The Hall–Kier alpha value is -0.995. The normalized spacial score (nSPS) is 26.3. The number of carbonyl (C=O) groups is 2. The second kappa shape index (κ2) is 4.89. The van der Waals surface area contributed by atoms with Gasteiger partial charge in [0.15, 0.2) is 0 Å². The number of carbonyl (C=O) groups excluding carboxylic acids is 2. The van der Waals surface area contributed by atoms with Crippen molar-refractivity contribution in [2.45, 2.75) is 57.5 Å². The summed E-state index contributed by atoms with van der Waals surface area (Å²) in [7, 11) is 5.63. The third kappa shape index (κ3) is 4.25. The van der Waals surface area contributed by atoms with Gasteiger partial charge in [0.25, 0.3) is 0 Å². The number of rotatable bonds is 1. The first-order valence-corrected chi connectivity index (χ1v) is 5.56. The van der Waals surface area contributed by atoms with Crippen LogP contribution in [0.25, 0.3) is 0 Å². The third-order valence-electron chi connectivity index (χ3n) is 2.41. The highest BCUT2D eigenvalue weighted by Crippen LogP contribution is 2.23. The molecule has 1 N–H and O–H groups in total. The van der Waals surface area contributed by atoms with Crippen LogP contribution in [0.15, 0.2) is 0 Å². The molecule has 2 atom stereocenters. The molecule has 4 nitrogen and oxygen atoms in total. The van der Waals surface area contributed by atoms with Gasteiger partial charge < -0.3 is 14.8 Å². The summed E-state index contributed by atoms with van der Waals surface area (Å²) < 4.78 is 5.13. The molecule has 1 fully saturated rings. The molecule has 2 radical (unpaired) electrons. The van der Waals surface area contributed by atoms with Crippen LogP contribution >= 0.6 is 0 Å². The van der Waals surface area contributed by atoms with Crippen LogP contribution in [0.3, 0.4) is 0 Å². The van der Waals surface area contributed by atoms with E-state index in [9.17, 15) is 9.59 Å². The van der Waals surface area contributed by atoms with Crippen LogP contribution in [-0.4, -0.2) is 31.4 Å². The molecule has 1 saturated carbocycles. The Morgan fingerprint density at radius 3 is 2.62 bits per heavy atom. The second-order valence-electron chi connectivity index (χ2n) is 5.19. The molecule has 0 aromatic carbocycles. The Bertz CT molecular complexity index is 285. The van der Waals surface area contributed by atoms with Crippen molar-refractivity contribution in [1.82, 2.24) is 5.32 Å². The molecular formula is C11H18BNO3. The monoisotopic (exact) mass is 223 g/mol. The molecule has 1 amide bonds. The first kappa shape index (κ1) is 13.1. The number of amides is 1. The first-order chi connectivity index (χ1) is 7.28. The van der Waals surface area contributed by atoms with Gasteiger partial charge in [-0.05, 0) is 39.4 Å². The predicted octanol–water partition coefficient (Wildman–Crippen LogP) is 1.59. The molecule has 0 spiro atoms. The van der Waals surface area contributed by atoms with E-state index in [0.717, 1.165) is 0 Å². The highest BCUT2D eigenvalue weighted by Gasteiger charge is 2.27. The number of alkyl carbamates (subject to hydrolysis) is 1. The number of hydrogen-bond donors (Lipinski definition) is 1. The molecule has 0 aromatic heterocycles. The quantitative estimate of drug-likeness (QED) is 0.686. The van der Waals surface area contributed by atoms with Crippen LogP contribution in [0, 0.1) is 0 Å². The molecule has 0 aromatic rings. The Kier molecular flexibility index (Phi) is 4.00. The van der Waals surface area contributed by atoms with Gasteiger partial charge in [-0.3, -0.25) is 0 Å². The summed E-state index contributed by atoms with van der Waals surface area (Å²) in [5.74, 6) is -0.379. The molecule has 0 saturated heterocycles. The van der Waals surface area contributed by atoms with Crippen molar-refractivity contribution >= 4 is 19.7 Å². The summed E-state index contributed by atoms with van der Waals surface area (Å²) in [4.78, 5) is 22.6. The van der Waals surface area contributed by atoms with Crippen molar-refractivity contribution in [2.24, 2.45) is 0 Å². The maximum absolute atomic E-state index is 11.5. The van der Waals surface area contributed by atoms with Gasteiger partial charge >= 0.3 is 6.09 Å². The van der Waals surface area contributed by atoms with E-state index in [1.165, 1.54) is 0 Å². The van der Waals surface area contributed by atoms with Crippen molar-refractivity contribution in [1.29, 1.82) is 0 Å². The van der Waals surface area contributed by atoms with E-state index in [2.05, 4.69) is 5.32 Å². The number of hydrogen-bond acceptors (Lipinski definition) is 3. The molecule has 2 unspecified atom stereocenters. The van der Waals surface area contributed by atoms with Gasteiger partial charge in [0.05, 0.1) is 7.85 Å². The van der Waals surface area contributed by atoms with Crippen LogP contribution in [0.2, 0.25) is 5.82 Å².